The number of esters is 1. The third-order valence-corrected chi connectivity index (χ3v) is 3.91. The van der Waals surface area contributed by atoms with Gasteiger partial charge in [0.1, 0.15) is 5.65 Å². The molecule has 0 saturated heterocycles. The first-order valence-electron chi connectivity index (χ1n) is 7.28. The number of aryl methyl sites for hydroxylation is 1. The molecule has 1 N–H and O–H groups in total. The molecule has 0 aliphatic carbocycles. The molecule has 1 atom stereocenters. The number of aromatic hydroxyl groups is 1. The molecule has 8 nitrogen and oxygen atoms in total. The number of aromatic nitrogens is 4. The van der Waals surface area contributed by atoms with Crippen molar-refractivity contribution >= 4 is 11.6 Å². The Balaban J connectivity index is 2.25. The van der Waals surface area contributed by atoms with Crippen LogP contribution in [0.25, 0.3) is 5.65 Å². The maximum atomic E-state index is 12.8. The van der Waals surface area contributed by atoms with Crippen molar-refractivity contribution in [1.29, 1.82) is 0 Å². The third kappa shape index (κ3) is 2.62. The van der Waals surface area contributed by atoms with Crippen molar-refractivity contribution in [1.82, 2.24) is 19.2 Å². The minimum absolute atomic E-state index is 0.0349. The summed E-state index contributed by atoms with van der Waals surface area (Å²) >= 11 is 0. The van der Waals surface area contributed by atoms with Gasteiger partial charge in [-0.05, 0) is 18.2 Å². The fraction of sp³-hybridized carbons (Fsp3) is 0.250. The number of methoxy groups -OCH3 is 1. The first-order chi connectivity index (χ1) is 11.5. The molecule has 124 valence electrons. The molecule has 0 spiro atoms. The average molecular weight is 328 g/mol. The monoisotopic (exact) mass is 328 g/mol. The molecule has 0 fully saturated rings. The summed E-state index contributed by atoms with van der Waals surface area (Å²) in [5.74, 6) is -1.62. The molecule has 24 heavy (non-hydrogen) atoms. The van der Waals surface area contributed by atoms with Gasteiger partial charge in [0.25, 0.3) is 5.56 Å². The van der Waals surface area contributed by atoms with Gasteiger partial charge in [0.2, 0.25) is 5.88 Å². The second-order valence-corrected chi connectivity index (χ2v) is 5.30. The Morgan fingerprint density at radius 2 is 2.17 bits per heavy atom. The van der Waals surface area contributed by atoms with Gasteiger partial charge < -0.3 is 9.84 Å². The van der Waals surface area contributed by atoms with E-state index in [0.717, 1.165) is 0 Å². The van der Waals surface area contributed by atoms with Crippen LogP contribution in [0.3, 0.4) is 0 Å². The number of ether oxygens (including phenoxy) is 1. The van der Waals surface area contributed by atoms with E-state index in [4.69, 9.17) is 4.74 Å². The molecule has 3 aromatic heterocycles. The Bertz CT molecular complexity index is 960. The molecule has 3 heterocycles. The minimum Gasteiger partial charge on any atom is -0.493 e. The van der Waals surface area contributed by atoms with Crippen LogP contribution in [0.4, 0.5) is 0 Å². The van der Waals surface area contributed by atoms with Crippen molar-refractivity contribution in [2.75, 3.05) is 7.11 Å². The lowest BCUT2D eigenvalue weighted by molar-refractivity contribution is -0.140. The highest BCUT2D eigenvalue weighted by Gasteiger charge is 2.28. The Labute approximate surface area is 136 Å². The van der Waals surface area contributed by atoms with Gasteiger partial charge in [-0.25, -0.2) is 0 Å². The summed E-state index contributed by atoms with van der Waals surface area (Å²) in [5.41, 5.74) is 0.525. The van der Waals surface area contributed by atoms with Gasteiger partial charge in [0.05, 0.1) is 19.1 Å². The van der Waals surface area contributed by atoms with Gasteiger partial charge in [-0.2, -0.15) is 10.1 Å². The van der Waals surface area contributed by atoms with Crippen LogP contribution >= 0.6 is 0 Å². The first-order valence-corrected chi connectivity index (χ1v) is 7.28. The van der Waals surface area contributed by atoms with Crippen LogP contribution in [0.2, 0.25) is 0 Å². The van der Waals surface area contributed by atoms with E-state index in [0.29, 0.717) is 11.3 Å². The van der Waals surface area contributed by atoms with Crippen LogP contribution < -0.4 is 5.56 Å². The molecule has 0 saturated carbocycles. The van der Waals surface area contributed by atoms with E-state index >= 15 is 0 Å². The third-order valence-electron chi connectivity index (χ3n) is 3.91. The summed E-state index contributed by atoms with van der Waals surface area (Å²) in [6, 6.07) is 6.71. The second kappa shape index (κ2) is 6.15. The molecule has 0 aromatic carbocycles. The number of pyridine rings is 1. The zero-order valence-corrected chi connectivity index (χ0v) is 13.2. The first kappa shape index (κ1) is 15.7. The SMILES string of the molecule is COC(=O)CC(c1c(O)nc2ccccn2c1=O)c1ccnn1C. The highest BCUT2D eigenvalue weighted by Crippen LogP contribution is 2.30. The molecule has 0 radical (unpaired) electrons. The summed E-state index contributed by atoms with van der Waals surface area (Å²) in [4.78, 5) is 28.7. The number of hydrogen-bond donors (Lipinski definition) is 1. The van der Waals surface area contributed by atoms with E-state index in [9.17, 15) is 14.7 Å². The van der Waals surface area contributed by atoms with Gasteiger partial charge in [0, 0.05) is 31.1 Å². The normalized spacial score (nSPS) is 12.2. The summed E-state index contributed by atoms with van der Waals surface area (Å²) in [7, 11) is 2.97. The van der Waals surface area contributed by atoms with Crippen molar-refractivity contribution < 1.29 is 14.6 Å². The number of nitrogens with zero attached hydrogens (tertiary/aromatic N) is 4. The summed E-state index contributed by atoms with van der Waals surface area (Å²) in [6.45, 7) is 0. The van der Waals surface area contributed by atoms with Crippen LogP contribution in [0.1, 0.15) is 23.6 Å². The van der Waals surface area contributed by atoms with Crippen molar-refractivity contribution in [3.8, 4) is 5.88 Å². The van der Waals surface area contributed by atoms with Crippen molar-refractivity contribution in [3.05, 3.63) is 58.3 Å². The van der Waals surface area contributed by atoms with E-state index in [1.165, 1.54) is 11.5 Å². The Hall–Kier alpha value is -3.16. The topological polar surface area (TPSA) is 98.7 Å². The zero-order chi connectivity index (χ0) is 17.3. The lowest BCUT2D eigenvalue weighted by Gasteiger charge is -2.17. The number of rotatable bonds is 4. The quantitative estimate of drug-likeness (QED) is 0.712. The van der Waals surface area contributed by atoms with Gasteiger partial charge >= 0.3 is 5.97 Å². The number of carbonyl (C=O) groups is 1. The lowest BCUT2D eigenvalue weighted by Crippen LogP contribution is -2.25. The molecular weight excluding hydrogens is 312 g/mol. The molecule has 3 aromatic rings. The van der Waals surface area contributed by atoms with E-state index in [-0.39, 0.29) is 12.0 Å². The molecule has 8 heteroatoms. The molecule has 3 rings (SSSR count). The molecule has 0 aliphatic heterocycles. The van der Waals surface area contributed by atoms with Crippen molar-refractivity contribution in [2.24, 2.45) is 7.05 Å². The fourth-order valence-corrected chi connectivity index (χ4v) is 2.73. The fourth-order valence-electron chi connectivity index (χ4n) is 2.73. The summed E-state index contributed by atoms with van der Waals surface area (Å²) in [5, 5.41) is 14.4. The number of fused-ring (bicyclic) bond motifs is 1. The second-order valence-electron chi connectivity index (χ2n) is 5.30. The molecular formula is C16H16N4O4. The smallest absolute Gasteiger partial charge is 0.306 e. The summed E-state index contributed by atoms with van der Waals surface area (Å²) in [6.07, 6.45) is 3.01. The van der Waals surface area contributed by atoms with Gasteiger partial charge in [-0.1, -0.05) is 6.07 Å². The maximum Gasteiger partial charge on any atom is 0.306 e. The van der Waals surface area contributed by atoms with Gasteiger partial charge in [-0.15, -0.1) is 0 Å². The molecule has 0 amide bonds. The summed E-state index contributed by atoms with van der Waals surface area (Å²) < 4.78 is 7.60. The highest BCUT2D eigenvalue weighted by atomic mass is 16.5. The van der Waals surface area contributed by atoms with Crippen molar-refractivity contribution in [3.63, 3.8) is 0 Å². The predicted molar refractivity (Wildman–Crippen MR) is 84.8 cm³/mol. The van der Waals surface area contributed by atoms with Gasteiger partial charge in [-0.3, -0.25) is 18.7 Å². The van der Waals surface area contributed by atoms with Gasteiger partial charge in [0.15, 0.2) is 0 Å². The van der Waals surface area contributed by atoms with Crippen LogP contribution in [0.15, 0.2) is 41.5 Å². The zero-order valence-electron chi connectivity index (χ0n) is 13.2. The Morgan fingerprint density at radius 1 is 1.38 bits per heavy atom. The highest BCUT2D eigenvalue weighted by molar-refractivity contribution is 5.71. The van der Waals surface area contributed by atoms with Crippen molar-refractivity contribution in [2.45, 2.75) is 12.3 Å². The lowest BCUT2D eigenvalue weighted by atomic mass is 9.93. The van der Waals surface area contributed by atoms with E-state index < -0.39 is 23.3 Å². The maximum absolute atomic E-state index is 12.8. The van der Waals surface area contributed by atoms with Crippen LogP contribution in [-0.2, 0) is 16.6 Å². The standard InChI is InChI=1S/C16H16N4O4/c1-19-11(6-7-17-19)10(9-13(21)24-2)14-15(22)18-12-5-3-4-8-20(12)16(14)23/h3-8,10,22H,9H2,1-2H3. The Kier molecular flexibility index (Phi) is 4.03. The minimum atomic E-state index is -0.720. The van der Waals surface area contributed by atoms with E-state index in [2.05, 4.69) is 10.1 Å². The molecule has 0 bridgehead atoms. The van der Waals surface area contributed by atoms with Crippen LogP contribution in [0, 0.1) is 0 Å². The largest absolute Gasteiger partial charge is 0.493 e. The number of carbonyl (C=O) groups excluding carboxylic acids is 1. The Morgan fingerprint density at radius 3 is 2.83 bits per heavy atom. The average Bonchev–Trinajstić information content (AvgIpc) is 2.99. The molecule has 1 unspecified atom stereocenters. The number of hydrogen-bond acceptors (Lipinski definition) is 6. The van der Waals surface area contributed by atoms with Crippen LogP contribution in [-0.4, -0.2) is 37.4 Å². The molecule has 0 aliphatic rings. The van der Waals surface area contributed by atoms with E-state index in [1.807, 2.05) is 0 Å². The van der Waals surface area contributed by atoms with E-state index in [1.54, 1.807) is 48.4 Å². The van der Waals surface area contributed by atoms with Crippen LogP contribution in [0.5, 0.6) is 5.88 Å². The predicted octanol–water partition coefficient (Wildman–Crippen LogP) is 0.829.